The topological polar surface area (TPSA) is 74.9 Å². The number of aromatic nitrogens is 1. The fourth-order valence-electron chi connectivity index (χ4n) is 3.43. The molecule has 1 aliphatic heterocycles. The Morgan fingerprint density at radius 1 is 1.16 bits per heavy atom. The number of aryl methyl sites for hydroxylation is 2. The van der Waals surface area contributed by atoms with Gasteiger partial charge in [0.25, 0.3) is 0 Å². The second-order valence-corrected chi connectivity index (χ2v) is 7.34. The Bertz CT molecular complexity index is 861. The molecule has 1 atom stereocenters. The van der Waals surface area contributed by atoms with Gasteiger partial charge in [-0.15, -0.1) is 24.0 Å². The van der Waals surface area contributed by atoms with E-state index < -0.39 is 11.7 Å². The SMILES string of the molecule is CN=C(NCc1nc(C)c(C)o1)NCC(c1ccc(C(F)(F)F)cc1)N1CCOCC1.I. The predicted molar refractivity (Wildman–Crippen MR) is 126 cm³/mol. The van der Waals surface area contributed by atoms with E-state index in [1.54, 1.807) is 19.2 Å². The van der Waals surface area contributed by atoms with Gasteiger partial charge in [-0.2, -0.15) is 13.2 Å². The molecule has 0 spiro atoms. The van der Waals surface area contributed by atoms with Gasteiger partial charge >= 0.3 is 6.18 Å². The summed E-state index contributed by atoms with van der Waals surface area (Å²) in [5.74, 6) is 1.89. The summed E-state index contributed by atoms with van der Waals surface area (Å²) in [4.78, 5) is 10.8. The van der Waals surface area contributed by atoms with Gasteiger partial charge in [-0.25, -0.2) is 4.98 Å². The van der Waals surface area contributed by atoms with E-state index in [1.807, 2.05) is 13.8 Å². The van der Waals surface area contributed by atoms with E-state index in [-0.39, 0.29) is 30.0 Å². The molecule has 1 aromatic carbocycles. The van der Waals surface area contributed by atoms with Crippen LogP contribution in [0, 0.1) is 13.8 Å². The first-order valence-electron chi connectivity index (χ1n) is 10.1. The summed E-state index contributed by atoms with van der Waals surface area (Å²) in [7, 11) is 1.66. The minimum absolute atomic E-state index is 0. The highest BCUT2D eigenvalue weighted by molar-refractivity contribution is 14.0. The van der Waals surface area contributed by atoms with Gasteiger partial charge in [-0.05, 0) is 31.5 Å². The molecule has 178 valence electrons. The van der Waals surface area contributed by atoms with Gasteiger partial charge in [0.05, 0.1) is 37.1 Å². The molecule has 0 amide bonds. The van der Waals surface area contributed by atoms with Crippen LogP contribution in [0.5, 0.6) is 0 Å². The van der Waals surface area contributed by atoms with E-state index in [4.69, 9.17) is 9.15 Å². The molecular weight excluding hydrogens is 538 g/mol. The summed E-state index contributed by atoms with van der Waals surface area (Å²) in [5, 5.41) is 6.42. The van der Waals surface area contributed by atoms with Crippen molar-refractivity contribution >= 4 is 29.9 Å². The van der Waals surface area contributed by atoms with Crippen molar-refractivity contribution in [3.8, 4) is 0 Å². The first-order valence-corrected chi connectivity index (χ1v) is 10.1. The average molecular weight is 567 g/mol. The number of alkyl halides is 3. The van der Waals surface area contributed by atoms with E-state index in [2.05, 4.69) is 25.5 Å². The standard InChI is InChI=1S/C21H28F3N5O2.HI/c1-14-15(2)31-19(28-14)13-27-20(25-3)26-12-18(29-8-10-30-11-9-29)16-4-6-17(7-5-16)21(22,23)24;/h4-7,18H,8-13H2,1-3H3,(H2,25,26,27);1H. The molecule has 3 rings (SSSR count). The fraction of sp³-hybridized carbons (Fsp3) is 0.524. The Morgan fingerprint density at radius 3 is 2.34 bits per heavy atom. The van der Waals surface area contributed by atoms with Crippen LogP contribution in [0.25, 0.3) is 0 Å². The van der Waals surface area contributed by atoms with Gasteiger partial charge < -0.3 is 19.8 Å². The van der Waals surface area contributed by atoms with Gasteiger partial charge in [0.1, 0.15) is 5.76 Å². The van der Waals surface area contributed by atoms with Crippen LogP contribution in [-0.2, 0) is 17.5 Å². The van der Waals surface area contributed by atoms with Crippen molar-refractivity contribution < 1.29 is 22.3 Å². The summed E-state index contributed by atoms with van der Waals surface area (Å²) in [6, 6.07) is 5.21. The lowest BCUT2D eigenvalue weighted by Crippen LogP contribution is -2.46. The highest BCUT2D eigenvalue weighted by Gasteiger charge is 2.31. The summed E-state index contributed by atoms with van der Waals surface area (Å²) < 4.78 is 49.8. The molecule has 0 bridgehead atoms. The molecule has 2 N–H and O–H groups in total. The van der Waals surface area contributed by atoms with Crippen LogP contribution in [0.3, 0.4) is 0 Å². The number of guanidine groups is 1. The van der Waals surface area contributed by atoms with Crippen molar-refractivity contribution in [2.24, 2.45) is 4.99 Å². The van der Waals surface area contributed by atoms with Crippen molar-refractivity contribution in [2.75, 3.05) is 39.9 Å². The molecule has 11 heteroatoms. The summed E-state index contributed by atoms with van der Waals surface area (Å²) in [5.41, 5.74) is 0.991. The van der Waals surface area contributed by atoms with Gasteiger partial charge in [0, 0.05) is 26.7 Å². The minimum Gasteiger partial charge on any atom is -0.444 e. The van der Waals surface area contributed by atoms with Crippen molar-refractivity contribution in [3.63, 3.8) is 0 Å². The first kappa shape index (κ1) is 26.4. The Kier molecular flexibility index (Phi) is 9.77. The monoisotopic (exact) mass is 567 g/mol. The van der Waals surface area contributed by atoms with Crippen LogP contribution in [0.1, 0.15) is 34.5 Å². The van der Waals surface area contributed by atoms with E-state index in [0.29, 0.717) is 51.2 Å². The van der Waals surface area contributed by atoms with Crippen LogP contribution in [0.15, 0.2) is 33.7 Å². The molecule has 0 saturated carbocycles. The third-order valence-electron chi connectivity index (χ3n) is 5.28. The number of nitrogens with zero attached hydrogens (tertiary/aromatic N) is 3. The molecular formula is C21H29F3IN5O2. The number of ether oxygens (including phenoxy) is 1. The summed E-state index contributed by atoms with van der Waals surface area (Å²) >= 11 is 0. The third kappa shape index (κ3) is 7.07. The van der Waals surface area contributed by atoms with Gasteiger partial charge in [0.2, 0.25) is 5.89 Å². The third-order valence-corrected chi connectivity index (χ3v) is 5.28. The average Bonchev–Trinajstić information content (AvgIpc) is 3.08. The zero-order valence-electron chi connectivity index (χ0n) is 18.3. The lowest BCUT2D eigenvalue weighted by Gasteiger charge is -2.35. The van der Waals surface area contributed by atoms with Crippen molar-refractivity contribution in [1.82, 2.24) is 20.5 Å². The van der Waals surface area contributed by atoms with Crippen LogP contribution < -0.4 is 10.6 Å². The Labute approximate surface area is 202 Å². The maximum atomic E-state index is 13.0. The lowest BCUT2D eigenvalue weighted by molar-refractivity contribution is -0.137. The molecule has 1 aliphatic rings. The fourth-order valence-corrected chi connectivity index (χ4v) is 3.43. The lowest BCUT2D eigenvalue weighted by atomic mass is 10.0. The number of hydrogen-bond acceptors (Lipinski definition) is 5. The minimum atomic E-state index is -4.35. The molecule has 1 saturated heterocycles. The van der Waals surface area contributed by atoms with Gasteiger partial charge in [-0.3, -0.25) is 9.89 Å². The molecule has 0 aliphatic carbocycles. The van der Waals surface area contributed by atoms with E-state index in [9.17, 15) is 13.2 Å². The number of hydrogen-bond donors (Lipinski definition) is 2. The Hall–Kier alpha value is -1.86. The van der Waals surface area contributed by atoms with Crippen LogP contribution >= 0.6 is 24.0 Å². The van der Waals surface area contributed by atoms with Crippen LogP contribution in [0.2, 0.25) is 0 Å². The number of rotatable bonds is 6. The number of morpholine rings is 1. The van der Waals surface area contributed by atoms with Gasteiger partial charge in [0.15, 0.2) is 5.96 Å². The molecule has 2 heterocycles. The number of aliphatic imine (C=N–C) groups is 1. The number of benzene rings is 1. The molecule has 0 radical (unpaired) electrons. The Balaban J connectivity index is 0.00000363. The zero-order valence-corrected chi connectivity index (χ0v) is 20.7. The van der Waals surface area contributed by atoms with Crippen molar-refractivity contribution in [1.29, 1.82) is 0 Å². The molecule has 2 aromatic rings. The highest BCUT2D eigenvalue weighted by atomic mass is 127. The second-order valence-electron chi connectivity index (χ2n) is 7.34. The van der Waals surface area contributed by atoms with Crippen LogP contribution in [-0.4, -0.2) is 55.7 Å². The largest absolute Gasteiger partial charge is 0.444 e. The first-order chi connectivity index (χ1) is 14.8. The number of nitrogens with one attached hydrogen (secondary N) is 2. The van der Waals surface area contributed by atoms with Crippen LogP contribution in [0.4, 0.5) is 13.2 Å². The van der Waals surface area contributed by atoms with Crippen molar-refractivity contribution in [2.45, 2.75) is 32.6 Å². The molecule has 1 unspecified atom stereocenters. The second kappa shape index (κ2) is 11.8. The number of halogens is 4. The molecule has 1 aromatic heterocycles. The number of oxazole rings is 1. The smallest absolute Gasteiger partial charge is 0.416 e. The van der Waals surface area contributed by atoms with Crippen molar-refractivity contribution in [3.05, 3.63) is 52.7 Å². The van der Waals surface area contributed by atoms with E-state index in [0.717, 1.165) is 29.2 Å². The summed E-state index contributed by atoms with van der Waals surface area (Å²) in [6.07, 6.45) is -4.35. The van der Waals surface area contributed by atoms with Gasteiger partial charge in [-0.1, -0.05) is 12.1 Å². The maximum absolute atomic E-state index is 13.0. The maximum Gasteiger partial charge on any atom is 0.416 e. The zero-order chi connectivity index (χ0) is 22.4. The highest BCUT2D eigenvalue weighted by Crippen LogP contribution is 2.31. The van der Waals surface area contributed by atoms with E-state index >= 15 is 0 Å². The Morgan fingerprint density at radius 2 is 1.81 bits per heavy atom. The van der Waals surface area contributed by atoms with E-state index in [1.165, 1.54) is 0 Å². The molecule has 32 heavy (non-hydrogen) atoms. The normalized spacial score (nSPS) is 16.4. The summed E-state index contributed by atoms with van der Waals surface area (Å²) in [6.45, 7) is 7.16. The predicted octanol–water partition coefficient (Wildman–Crippen LogP) is 3.67. The quantitative estimate of drug-likeness (QED) is 0.316. The molecule has 1 fully saturated rings. The molecule has 7 nitrogen and oxygen atoms in total.